The molecular weight excluding hydrogens is 294 g/mol. The number of fused-ring (bicyclic) bond motifs is 2. The van der Waals surface area contributed by atoms with Crippen molar-refractivity contribution in [1.82, 2.24) is 4.98 Å². The van der Waals surface area contributed by atoms with Crippen LogP contribution in [-0.4, -0.2) is 4.98 Å². The van der Waals surface area contributed by atoms with Crippen LogP contribution < -0.4 is 5.32 Å². The lowest BCUT2D eigenvalue weighted by Gasteiger charge is -2.13. The van der Waals surface area contributed by atoms with Crippen molar-refractivity contribution in [3.05, 3.63) is 78.4 Å². The lowest BCUT2D eigenvalue weighted by molar-refractivity contribution is 0.586. The molecule has 1 N–H and O–H groups in total. The molecule has 0 aliphatic carbocycles. The summed E-state index contributed by atoms with van der Waals surface area (Å²) in [5, 5.41) is 4.87. The van der Waals surface area contributed by atoms with Crippen LogP contribution in [0.2, 0.25) is 0 Å². The fourth-order valence-corrected chi connectivity index (χ4v) is 2.70. The number of benzene rings is 3. The number of anilines is 2. The molecule has 0 atom stereocenters. The quantitative estimate of drug-likeness (QED) is 0.501. The first-order valence-corrected chi connectivity index (χ1v) is 7.22. The summed E-state index contributed by atoms with van der Waals surface area (Å²) in [5.74, 6) is -1.23. The first-order valence-electron chi connectivity index (χ1n) is 7.22. The first-order chi connectivity index (χ1) is 11.2. The Kier molecular flexibility index (Phi) is 3.15. The molecule has 0 amide bonds. The van der Waals surface area contributed by atoms with Gasteiger partial charge in [0.15, 0.2) is 0 Å². The highest BCUT2D eigenvalue weighted by molar-refractivity contribution is 6.08. The normalized spacial score (nSPS) is 11.0. The highest BCUT2D eigenvalue weighted by Crippen LogP contribution is 2.33. The number of pyridine rings is 1. The fraction of sp³-hybridized carbons (Fsp3) is 0. The standard InChI is InChI=1S/C19H12F2N2/c20-12-9-10-18(15(21)11-12)23-19-13-5-1-3-7-16(13)22-17-8-4-2-6-14(17)19/h1-11H,(H,22,23). The first kappa shape index (κ1) is 13.6. The lowest BCUT2D eigenvalue weighted by atomic mass is 10.1. The van der Waals surface area contributed by atoms with Crippen molar-refractivity contribution in [2.45, 2.75) is 0 Å². The van der Waals surface area contributed by atoms with Crippen molar-refractivity contribution in [1.29, 1.82) is 0 Å². The van der Waals surface area contributed by atoms with E-state index in [0.717, 1.165) is 33.6 Å². The summed E-state index contributed by atoms with van der Waals surface area (Å²) in [4.78, 5) is 4.62. The molecule has 0 fully saturated rings. The smallest absolute Gasteiger partial charge is 0.149 e. The van der Waals surface area contributed by atoms with Crippen molar-refractivity contribution < 1.29 is 8.78 Å². The molecule has 4 heteroatoms. The van der Waals surface area contributed by atoms with E-state index in [1.54, 1.807) is 0 Å². The Labute approximate surface area is 131 Å². The molecule has 23 heavy (non-hydrogen) atoms. The summed E-state index contributed by atoms with van der Waals surface area (Å²) in [6, 6.07) is 18.8. The molecule has 0 aliphatic rings. The zero-order valence-corrected chi connectivity index (χ0v) is 12.1. The van der Waals surface area contributed by atoms with E-state index in [9.17, 15) is 8.78 Å². The number of aromatic nitrogens is 1. The molecule has 1 heterocycles. The molecule has 112 valence electrons. The molecule has 0 saturated carbocycles. The van der Waals surface area contributed by atoms with Gasteiger partial charge in [0.2, 0.25) is 0 Å². The van der Waals surface area contributed by atoms with E-state index in [4.69, 9.17) is 0 Å². The third-order valence-electron chi connectivity index (χ3n) is 3.78. The van der Waals surface area contributed by atoms with Crippen molar-refractivity contribution in [2.24, 2.45) is 0 Å². The van der Waals surface area contributed by atoms with E-state index in [0.29, 0.717) is 0 Å². The largest absolute Gasteiger partial charge is 0.352 e. The molecule has 0 saturated heterocycles. The van der Waals surface area contributed by atoms with Gasteiger partial charge in [-0.25, -0.2) is 13.8 Å². The molecule has 0 radical (unpaired) electrons. The maximum Gasteiger partial charge on any atom is 0.149 e. The van der Waals surface area contributed by atoms with Gasteiger partial charge in [-0.15, -0.1) is 0 Å². The maximum absolute atomic E-state index is 14.0. The van der Waals surface area contributed by atoms with Gasteiger partial charge in [0, 0.05) is 16.8 Å². The van der Waals surface area contributed by atoms with Gasteiger partial charge in [-0.2, -0.15) is 0 Å². The molecule has 0 spiro atoms. The molecule has 0 bridgehead atoms. The summed E-state index contributed by atoms with van der Waals surface area (Å²) in [7, 11) is 0. The Morgan fingerprint density at radius 3 is 1.96 bits per heavy atom. The highest BCUT2D eigenvalue weighted by atomic mass is 19.1. The van der Waals surface area contributed by atoms with Gasteiger partial charge >= 0.3 is 0 Å². The zero-order valence-electron chi connectivity index (χ0n) is 12.1. The van der Waals surface area contributed by atoms with Crippen LogP contribution in [-0.2, 0) is 0 Å². The summed E-state index contributed by atoms with van der Waals surface area (Å²) < 4.78 is 27.1. The topological polar surface area (TPSA) is 24.9 Å². The Morgan fingerprint density at radius 2 is 1.35 bits per heavy atom. The van der Waals surface area contributed by atoms with Crippen molar-refractivity contribution >= 4 is 33.2 Å². The Morgan fingerprint density at radius 1 is 0.739 bits per heavy atom. The van der Waals surface area contributed by atoms with Crippen molar-refractivity contribution in [3.63, 3.8) is 0 Å². The molecule has 3 aromatic carbocycles. The van der Waals surface area contributed by atoms with Crippen LogP contribution >= 0.6 is 0 Å². The summed E-state index contributed by atoms with van der Waals surface area (Å²) >= 11 is 0. The van der Waals surface area contributed by atoms with E-state index < -0.39 is 11.6 Å². The van der Waals surface area contributed by atoms with Gasteiger partial charge in [-0.3, -0.25) is 0 Å². The summed E-state index contributed by atoms with van der Waals surface area (Å²) in [6.45, 7) is 0. The van der Waals surface area contributed by atoms with Crippen LogP contribution in [0.3, 0.4) is 0 Å². The van der Waals surface area contributed by atoms with Crippen molar-refractivity contribution in [3.8, 4) is 0 Å². The summed E-state index contributed by atoms with van der Waals surface area (Å²) in [6.07, 6.45) is 0. The van der Waals surface area contributed by atoms with E-state index in [1.165, 1.54) is 12.1 Å². The third-order valence-corrected chi connectivity index (χ3v) is 3.78. The predicted octanol–water partition coefficient (Wildman–Crippen LogP) is 5.41. The number of rotatable bonds is 2. The minimum absolute atomic E-state index is 0.230. The van der Waals surface area contributed by atoms with Gasteiger partial charge in [-0.05, 0) is 24.3 Å². The average Bonchev–Trinajstić information content (AvgIpc) is 2.56. The minimum Gasteiger partial charge on any atom is -0.352 e. The van der Waals surface area contributed by atoms with Gasteiger partial charge in [-0.1, -0.05) is 36.4 Å². The van der Waals surface area contributed by atoms with Gasteiger partial charge in [0.05, 0.1) is 22.4 Å². The van der Waals surface area contributed by atoms with Crippen LogP contribution in [0.5, 0.6) is 0 Å². The van der Waals surface area contributed by atoms with E-state index in [-0.39, 0.29) is 5.69 Å². The van der Waals surface area contributed by atoms with Crippen LogP contribution in [0.1, 0.15) is 0 Å². The molecule has 4 aromatic rings. The molecular formula is C19H12F2N2. The van der Waals surface area contributed by atoms with Crippen LogP contribution in [0, 0.1) is 11.6 Å². The Balaban J connectivity index is 1.99. The zero-order chi connectivity index (χ0) is 15.8. The Hall–Kier alpha value is -3.01. The predicted molar refractivity (Wildman–Crippen MR) is 88.9 cm³/mol. The fourth-order valence-electron chi connectivity index (χ4n) is 2.70. The molecule has 2 nitrogen and oxygen atoms in total. The lowest BCUT2D eigenvalue weighted by Crippen LogP contribution is -1.97. The highest BCUT2D eigenvalue weighted by Gasteiger charge is 2.11. The van der Waals surface area contributed by atoms with Crippen molar-refractivity contribution in [2.75, 3.05) is 5.32 Å². The minimum atomic E-state index is -0.630. The van der Waals surface area contributed by atoms with Crippen LogP contribution in [0.4, 0.5) is 20.2 Å². The second-order valence-corrected chi connectivity index (χ2v) is 5.27. The number of halogens is 2. The second kappa shape index (κ2) is 5.32. The van der Waals surface area contributed by atoms with Gasteiger partial charge in [0.25, 0.3) is 0 Å². The number of hydrogen-bond acceptors (Lipinski definition) is 2. The number of para-hydroxylation sites is 2. The number of nitrogens with zero attached hydrogens (tertiary/aromatic N) is 1. The van der Waals surface area contributed by atoms with Gasteiger partial charge < -0.3 is 5.32 Å². The van der Waals surface area contributed by atoms with E-state index >= 15 is 0 Å². The van der Waals surface area contributed by atoms with Crippen LogP contribution in [0.15, 0.2) is 66.7 Å². The molecule has 0 aliphatic heterocycles. The Bertz CT molecular complexity index is 974. The van der Waals surface area contributed by atoms with E-state index in [1.807, 2.05) is 48.5 Å². The van der Waals surface area contributed by atoms with Gasteiger partial charge in [0.1, 0.15) is 11.6 Å². The number of hydrogen-bond donors (Lipinski definition) is 1. The SMILES string of the molecule is Fc1ccc(Nc2c3ccccc3nc3ccccc23)c(F)c1. The average molecular weight is 306 g/mol. The third kappa shape index (κ3) is 2.38. The maximum atomic E-state index is 14.0. The molecule has 4 rings (SSSR count). The molecule has 1 aromatic heterocycles. The second-order valence-electron chi connectivity index (χ2n) is 5.27. The molecule has 0 unspecified atom stereocenters. The monoisotopic (exact) mass is 306 g/mol. The van der Waals surface area contributed by atoms with E-state index in [2.05, 4.69) is 10.3 Å². The number of nitrogens with one attached hydrogen (secondary N) is 1. The van der Waals surface area contributed by atoms with Crippen LogP contribution in [0.25, 0.3) is 21.8 Å². The summed E-state index contributed by atoms with van der Waals surface area (Å²) in [5.41, 5.74) is 2.62.